The lowest BCUT2D eigenvalue weighted by molar-refractivity contribution is 0.0228. The van der Waals surface area contributed by atoms with E-state index in [1.54, 1.807) is 13.2 Å². The van der Waals surface area contributed by atoms with Crippen molar-refractivity contribution in [1.29, 1.82) is 0 Å². The number of methoxy groups -OCH3 is 1. The van der Waals surface area contributed by atoms with Crippen LogP contribution in [0.2, 0.25) is 0 Å². The number of aryl methyl sites for hydroxylation is 1. The first kappa shape index (κ1) is 17.6. The van der Waals surface area contributed by atoms with Gasteiger partial charge in [0, 0.05) is 19.2 Å². The minimum Gasteiger partial charge on any atom is -0.377 e. The Morgan fingerprint density at radius 1 is 1.38 bits per heavy atom. The maximum atomic E-state index is 12.3. The van der Waals surface area contributed by atoms with Crippen LogP contribution in [0.5, 0.6) is 0 Å². The van der Waals surface area contributed by atoms with Gasteiger partial charge in [-0.2, -0.15) is 0 Å². The fourth-order valence-electron chi connectivity index (χ4n) is 1.71. The molecule has 1 amide bonds. The second-order valence-corrected chi connectivity index (χ2v) is 6.93. The van der Waals surface area contributed by atoms with Crippen molar-refractivity contribution in [2.45, 2.75) is 37.7 Å². The zero-order valence-electron chi connectivity index (χ0n) is 12.8. The van der Waals surface area contributed by atoms with Crippen LogP contribution in [-0.2, 0) is 21.2 Å². The number of carbonyl (C=O) groups excluding carboxylic acids is 1. The molecule has 0 saturated carbocycles. The molecule has 21 heavy (non-hydrogen) atoms. The fourth-order valence-corrected chi connectivity index (χ4v) is 2.25. The lowest BCUT2D eigenvalue weighted by Crippen LogP contribution is -2.40. The molecule has 0 unspecified atom stereocenters. The topological polar surface area (TPSA) is 98.5 Å². The van der Waals surface area contributed by atoms with E-state index in [2.05, 4.69) is 5.32 Å². The average molecular weight is 314 g/mol. The molecule has 0 radical (unpaired) electrons. The van der Waals surface area contributed by atoms with Gasteiger partial charge in [0.25, 0.3) is 5.91 Å². The highest BCUT2D eigenvalue weighted by Crippen LogP contribution is 2.16. The number of benzene rings is 1. The maximum absolute atomic E-state index is 12.3. The van der Waals surface area contributed by atoms with E-state index in [0.717, 1.165) is 5.56 Å². The summed E-state index contributed by atoms with van der Waals surface area (Å²) in [6, 6.07) is 4.32. The molecule has 0 spiro atoms. The first-order chi connectivity index (χ1) is 9.60. The Balaban J connectivity index is 3.07. The molecular weight excluding hydrogens is 292 g/mol. The number of amides is 1. The molecule has 0 aliphatic carbocycles. The molecule has 0 atom stereocenters. The predicted octanol–water partition coefficient (Wildman–Crippen LogP) is 1.05. The number of hydrogen-bond acceptors (Lipinski definition) is 4. The van der Waals surface area contributed by atoms with Gasteiger partial charge in [-0.1, -0.05) is 13.0 Å². The Labute approximate surface area is 125 Å². The standard InChI is InChI=1S/C14H22N2O4S/c1-5-10-6-7-11(21(15,18)19)8-12(10)13(17)16-9-14(2,3)20-4/h6-8H,5,9H2,1-4H3,(H,16,17)(H2,15,18,19). The Bertz CT molecular complexity index is 624. The van der Waals surface area contributed by atoms with Crippen molar-refractivity contribution in [1.82, 2.24) is 5.32 Å². The summed E-state index contributed by atoms with van der Waals surface area (Å²) in [7, 11) is -2.28. The summed E-state index contributed by atoms with van der Waals surface area (Å²) in [6.45, 7) is 5.89. The van der Waals surface area contributed by atoms with Gasteiger partial charge in [0.05, 0.1) is 10.5 Å². The lowest BCUT2D eigenvalue weighted by atomic mass is 10.0. The minimum atomic E-state index is -3.84. The molecule has 0 aliphatic rings. The van der Waals surface area contributed by atoms with Crippen molar-refractivity contribution in [2.75, 3.05) is 13.7 Å². The van der Waals surface area contributed by atoms with Gasteiger partial charge < -0.3 is 10.1 Å². The van der Waals surface area contributed by atoms with Crippen LogP contribution in [0.3, 0.4) is 0 Å². The van der Waals surface area contributed by atoms with Gasteiger partial charge in [-0.05, 0) is 38.0 Å². The van der Waals surface area contributed by atoms with Crippen LogP contribution in [0.1, 0.15) is 36.7 Å². The predicted molar refractivity (Wildman–Crippen MR) is 80.6 cm³/mol. The lowest BCUT2D eigenvalue weighted by Gasteiger charge is -2.23. The maximum Gasteiger partial charge on any atom is 0.251 e. The quantitative estimate of drug-likeness (QED) is 0.820. The van der Waals surface area contributed by atoms with Crippen LogP contribution in [0, 0.1) is 0 Å². The van der Waals surface area contributed by atoms with Gasteiger partial charge in [-0.3, -0.25) is 4.79 Å². The zero-order valence-corrected chi connectivity index (χ0v) is 13.6. The highest BCUT2D eigenvalue weighted by atomic mass is 32.2. The van der Waals surface area contributed by atoms with Crippen LogP contribution in [0.25, 0.3) is 0 Å². The van der Waals surface area contributed by atoms with Gasteiger partial charge in [-0.15, -0.1) is 0 Å². The number of ether oxygens (including phenoxy) is 1. The third-order valence-corrected chi connectivity index (χ3v) is 4.17. The van der Waals surface area contributed by atoms with Crippen molar-refractivity contribution in [2.24, 2.45) is 5.14 Å². The molecule has 0 saturated heterocycles. The summed E-state index contributed by atoms with van der Waals surface area (Å²) < 4.78 is 28.0. The Kier molecular flexibility index (Phi) is 5.49. The molecule has 0 fully saturated rings. The number of nitrogens with two attached hydrogens (primary N) is 1. The van der Waals surface area contributed by atoms with Gasteiger partial charge in [0.1, 0.15) is 0 Å². The van der Waals surface area contributed by atoms with Gasteiger partial charge >= 0.3 is 0 Å². The summed E-state index contributed by atoms with van der Waals surface area (Å²) >= 11 is 0. The molecule has 1 aromatic carbocycles. The number of sulfonamides is 1. The van der Waals surface area contributed by atoms with Crippen LogP contribution in [-0.4, -0.2) is 33.6 Å². The molecule has 0 bridgehead atoms. The summed E-state index contributed by atoms with van der Waals surface area (Å²) in [5, 5.41) is 7.85. The molecule has 3 N–H and O–H groups in total. The van der Waals surface area contributed by atoms with Crippen molar-refractivity contribution in [3.8, 4) is 0 Å². The molecule has 0 aliphatic heterocycles. The molecule has 1 aromatic rings. The van der Waals surface area contributed by atoms with E-state index in [1.165, 1.54) is 12.1 Å². The second-order valence-electron chi connectivity index (χ2n) is 5.36. The number of carbonyl (C=O) groups is 1. The average Bonchev–Trinajstić information content (AvgIpc) is 2.43. The minimum absolute atomic E-state index is 0.0733. The molecule has 6 nitrogen and oxygen atoms in total. The Morgan fingerprint density at radius 3 is 2.48 bits per heavy atom. The number of hydrogen-bond donors (Lipinski definition) is 2. The molecular formula is C14H22N2O4S. The van der Waals surface area contributed by atoms with Crippen molar-refractivity contribution < 1.29 is 17.9 Å². The van der Waals surface area contributed by atoms with Gasteiger partial charge in [0.2, 0.25) is 10.0 Å². The van der Waals surface area contributed by atoms with Gasteiger partial charge in [0.15, 0.2) is 0 Å². The van der Waals surface area contributed by atoms with E-state index in [0.29, 0.717) is 18.5 Å². The number of rotatable bonds is 6. The first-order valence-electron chi connectivity index (χ1n) is 6.60. The number of primary sulfonamides is 1. The van der Waals surface area contributed by atoms with E-state index in [1.807, 2.05) is 20.8 Å². The van der Waals surface area contributed by atoms with Crippen LogP contribution in [0.4, 0.5) is 0 Å². The molecule has 0 heterocycles. The Hall–Kier alpha value is -1.44. The third kappa shape index (κ3) is 4.80. The first-order valence-corrected chi connectivity index (χ1v) is 8.14. The highest BCUT2D eigenvalue weighted by molar-refractivity contribution is 7.89. The largest absolute Gasteiger partial charge is 0.377 e. The normalized spacial score (nSPS) is 12.2. The van der Waals surface area contributed by atoms with E-state index in [9.17, 15) is 13.2 Å². The smallest absolute Gasteiger partial charge is 0.251 e. The van der Waals surface area contributed by atoms with Crippen molar-refractivity contribution in [3.05, 3.63) is 29.3 Å². The monoisotopic (exact) mass is 314 g/mol. The van der Waals surface area contributed by atoms with Crippen molar-refractivity contribution >= 4 is 15.9 Å². The van der Waals surface area contributed by atoms with Crippen LogP contribution < -0.4 is 10.5 Å². The van der Waals surface area contributed by atoms with Crippen molar-refractivity contribution in [3.63, 3.8) is 0 Å². The third-order valence-electron chi connectivity index (χ3n) is 3.26. The SMILES string of the molecule is CCc1ccc(S(N)(=O)=O)cc1C(=O)NCC(C)(C)OC. The van der Waals surface area contributed by atoms with E-state index in [-0.39, 0.29) is 10.8 Å². The Morgan fingerprint density at radius 2 is 2.00 bits per heavy atom. The zero-order chi connectivity index (χ0) is 16.3. The summed E-state index contributed by atoms with van der Waals surface area (Å²) in [5.74, 6) is -0.345. The van der Waals surface area contributed by atoms with E-state index >= 15 is 0 Å². The van der Waals surface area contributed by atoms with E-state index < -0.39 is 15.6 Å². The molecule has 118 valence electrons. The fraction of sp³-hybridized carbons (Fsp3) is 0.500. The summed E-state index contributed by atoms with van der Waals surface area (Å²) in [6.07, 6.45) is 0.612. The summed E-state index contributed by atoms with van der Waals surface area (Å²) in [5.41, 5.74) is 0.575. The van der Waals surface area contributed by atoms with E-state index in [4.69, 9.17) is 9.88 Å². The number of nitrogens with one attached hydrogen (secondary N) is 1. The highest BCUT2D eigenvalue weighted by Gasteiger charge is 2.20. The molecule has 1 rings (SSSR count). The molecule has 0 aromatic heterocycles. The second kappa shape index (κ2) is 6.55. The van der Waals surface area contributed by atoms with Crippen LogP contribution >= 0.6 is 0 Å². The van der Waals surface area contributed by atoms with Gasteiger partial charge in [-0.25, -0.2) is 13.6 Å². The summed E-state index contributed by atoms with van der Waals surface area (Å²) in [4.78, 5) is 12.2. The van der Waals surface area contributed by atoms with Crippen LogP contribution in [0.15, 0.2) is 23.1 Å². The molecule has 7 heteroatoms.